The lowest BCUT2D eigenvalue weighted by Gasteiger charge is -1.92. The van der Waals surface area contributed by atoms with Crippen LogP contribution in [0.5, 0.6) is 0 Å². The molecule has 0 amide bonds. The highest BCUT2D eigenvalue weighted by Crippen LogP contribution is 2.14. The van der Waals surface area contributed by atoms with Gasteiger partial charge in [-0.1, -0.05) is 13.8 Å². The lowest BCUT2D eigenvalue weighted by molar-refractivity contribution is 1.05. The zero-order valence-corrected chi connectivity index (χ0v) is 6.72. The van der Waals surface area contributed by atoms with E-state index in [1.54, 1.807) is 11.3 Å². The van der Waals surface area contributed by atoms with Gasteiger partial charge in [0, 0.05) is 5.38 Å². The van der Waals surface area contributed by atoms with E-state index in [-0.39, 0.29) is 0 Å². The molecular formula is C8H11S. The number of hydrogen-bond acceptors (Lipinski definition) is 1. The largest absolute Gasteiger partial charge is 0.142 e. The van der Waals surface area contributed by atoms with E-state index in [1.807, 2.05) is 0 Å². The van der Waals surface area contributed by atoms with E-state index in [0.717, 1.165) is 12.8 Å². The van der Waals surface area contributed by atoms with E-state index in [1.165, 1.54) is 11.1 Å². The summed E-state index contributed by atoms with van der Waals surface area (Å²) in [5.74, 6) is 0. The molecule has 1 heterocycles. The van der Waals surface area contributed by atoms with Crippen molar-refractivity contribution in [1.82, 2.24) is 0 Å². The second-order valence-electron chi connectivity index (χ2n) is 2.05. The summed E-state index contributed by atoms with van der Waals surface area (Å²) >= 11 is 1.69. The molecule has 1 aromatic heterocycles. The molecule has 49 valence electrons. The number of hydrogen-bond donors (Lipinski definition) is 0. The maximum absolute atomic E-state index is 3.25. The molecule has 1 aromatic rings. The summed E-state index contributed by atoms with van der Waals surface area (Å²) < 4.78 is 0. The Kier molecular flexibility index (Phi) is 2.29. The summed E-state index contributed by atoms with van der Waals surface area (Å²) in [6.07, 6.45) is 2.29. The molecule has 0 fully saturated rings. The van der Waals surface area contributed by atoms with Gasteiger partial charge in [-0.05, 0) is 29.3 Å². The maximum atomic E-state index is 3.25. The van der Waals surface area contributed by atoms with Gasteiger partial charge in [0.05, 0.1) is 0 Å². The van der Waals surface area contributed by atoms with Gasteiger partial charge in [-0.3, -0.25) is 0 Å². The summed E-state index contributed by atoms with van der Waals surface area (Å²) in [5.41, 5.74) is 2.88. The van der Waals surface area contributed by atoms with Crippen molar-refractivity contribution in [2.24, 2.45) is 0 Å². The van der Waals surface area contributed by atoms with Crippen molar-refractivity contribution in [2.75, 3.05) is 0 Å². The van der Waals surface area contributed by atoms with Crippen molar-refractivity contribution in [3.8, 4) is 0 Å². The normalized spacial score (nSPS) is 10.0. The number of aryl methyl sites for hydroxylation is 2. The van der Waals surface area contributed by atoms with E-state index in [9.17, 15) is 0 Å². The summed E-state index contributed by atoms with van der Waals surface area (Å²) in [5, 5.41) is 5.44. The van der Waals surface area contributed by atoms with Gasteiger partial charge in [-0.25, -0.2) is 0 Å². The molecule has 0 nitrogen and oxygen atoms in total. The Labute approximate surface area is 60.5 Å². The predicted octanol–water partition coefficient (Wildman–Crippen LogP) is 2.67. The van der Waals surface area contributed by atoms with E-state index in [0.29, 0.717) is 0 Å². The van der Waals surface area contributed by atoms with Gasteiger partial charge >= 0.3 is 0 Å². The number of thiophene rings is 1. The Morgan fingerprint density at radius 1 is 1.44 bits per heavy atom. The third-order valence-corrected chi connectivity index (χ3v) is 2.27. The minimum Gasteiger partial charge on any atom is -0.142 e. The molecule has 9 heavy (non-hydrogen) atoms. The van der Waals surface area contributed by atoms with Crippen LogP contribution in [0, 0.1) is 5.38 Å². The lowest BCUT2D eigenvalue weighted by atomic mass is 10.1. The Balaban J connectivity index is 2.85. The first-order chi connectivity index (χ1) is 4.38. The van der Waals surface area contributed by atoms with Gasteiger partial charge in [-0.15, -0.1) is 11.3 Å². The summed E-state index contributed by atoms with van der Waals surface area (Å²) in [6.45, 7) is 4.37. The third-order valence-electron chi connectivity index (χ3n) is 1.51. The molecule has 1 heteroatoms. The fourth-order valence-corrected chi connectivity index (χ4v) is 1.83. The highest BCUT2D eigenvalue weighted by atomic mass is 32.1. The zero-order valence-electron chi connectivity index (χ0n) is 5.90. The Morgan fingerprint density at radius 3 is 2.67 bits per heavy atom. The predicted molar refractivity (Wildman–Crippen MR) is 41.9 cm³/mol. The SMILES string of the molecule is CCc1[c]scc1CC. The molecule has 0 bridgehead atoms. The first-order valence-corrected chi connectivity index (χ1v) is 4.23. The quantitative estimate of drug-likeness (QED) is 0.591. The smallest absolute Gasteiger partial charge is 0.0480 e. The van der Waals surface area contributed by atoms with E-state index >= 15 is 0 Å². The van der Waals surface area contributed by atoms with Crippen molar-refractivity contribution in [2.45, 2.75) is 26.7 Å². The average molecular weight is 139 g/mol. The van der Waals surface area contributed by atoms with Gasteiger partial charge in [-0.2, -0.15) is 0 Å². The van der Waals surface area contributed by atoms with Gasteiger partial charge in [0.2, 0.25) is 0 Å². The van der Waals surface area contributed by atoms with E-state index < -0.39 is 0 Å². The van der Waals surface area contributed by atoms with Crippen LogP contribution >= 0.6 is 11.3 Å². The molecule has 1 radical (unpaired) electrons. The Hall–Kier alpha value is -0.300. The van der Waals surface area contributed by atoms with Crippen molar-refractivity contribution in [3.05, 3.63) is 21.9 Å². The lowest BCUT2D eigenvalue weighted by Crippen LogP contribution is -1.82. The Bertz CT molecular complexity index is 158. The zero-order chi connectivity index (χ0) is 6.69. The summed E-state index contributed by atoms with van der Waals surface area (Å²) in [7, 11) is 0. The fraction of sp³-hybridized carbons (Fsp3) is 0.500. The van der Waals surface area contributed by atoms with E-state index in [2.05, 4.69) is 24.6 Å². The highest BCUT2D eigenvalue weighted by molar-refractivity contribution is 7.07. The fourth-order valence-electron chi connectivity index (χ4n) is 0.904. The minimum absolute atomic E-state index is 1.13. The van der Waals surface area contributed by atoms with Crippen LogP contribution in [0.1, 0.15) is 25.0 Å². The van der Waals surface area contributed by atoms with Gasteiger partial charge in [0.15, 0.2) is 0 Å². The van der Waals surface area contributed by atoms with Crippen LogP contribution in [0.2, 0.25) is 0 Å². The van der Waals surface area contributed by atoms with Crippen LogP contribution in [-0.4, -0.2) is 0 Å². The van der Waals surface area contributed by atoms with E-state index in [4.69, 9.17) is 0 Å². The molecule has 0 aromatic carbocycles. The molecule has 0 saturated heterocycles. The monoisotopic (exact) mass is 139 g/mol. The van der Waals surface area contributed by atoms with Crippen molar-refractivity contribution in [1.29, 1.82) is 0 Å². The van der Waals surface area contributed by atoms with Crippen LogP contribution in [0.25, 0.3) is 0 Å². The summed E-state index contributed by atoms with van der Waals surface area (Å²) in [4.78, 5) is 0. The van der Waals surface area contributed by atoms with Gasteiger partial charge < -0.3 is 0 Å². The first kappa shape index (κ1) is 6.81. The summed E-state index contributed by atoms with van der Waals surface area (Å²) in [6, 6.07) is 0. The minimum atomic E-state index is 1.13. The topological polar surface area (TPSA) is 0 Å². The highest BCUT2D eigenvalue weighted by Gasteiger charge is 1.97. The second kappa shape index (κ2) is 3.02. The van der Waals surface area contributed by atoms with Crippen LogP contribution < -0.4 is 0 Å². The molecule has 0 aliphatic heterocycles. The number of rotatable bonds is 2. The average Bonchev–Trinajstić information content (AvgIpc) is 2.33. The molecule has 0 aliphatic rings. The van der Waals surface area contributed by atoms with Crippen molar-refractivity contribution in [3.63, 3.8) is 0 Å². The molecule has 0 N–H and O–H groups in total. The molecule has 0 atom stereocenters. The maximum Gasteiger partial charge on any atom is 0.0480 e. The third kappa shape index (κ3) is 1.33. The second-order valence-corrected chi connectivity index (χ2v) is 2.72. The van der Waals surface area contributed by atoms with Crippen LogP contribution in [0.4, 0.5) is 0 Å². The van der Waals surface area contributed by atoms with Crippen LogP contribution in [0.15, 0.2) is 5.38 Å². The van der Waals surface area contributed by atoms with Crippen molar-refractivity contribution >= 4 is 11.3 Å². The first-order valence-electron chi connectivity index (χ1n) is 3.35. The standard InChI is InChI=1S/C8H11S/c1-3-7-5-9-6-8(7)4-2/h5H,3-4H2,1-2H3. The van der Waals surface area contributed by atoms with Gasteiger partial charge in [0.25, 0.3) is 0 Å². The van der Waals surface area contributed by atoms with Crippen LogP contribution in [0.3, 0.4) is 0 Å². The van der Waals surface area contributed by atoms with Gasteiger partial charge in [0.1, 0.15) is 0 Å². The Morgan fingerprint density at radius 2 is 2.22 bits per heavy atom. The molecule has 0 unspecified atom stereocenters. The molecule has 1 rings (SSSR count). The molecule has 0 spiro atoms. The molecular weight excluding hydrogens is 128 g/mol. The van der Waals surface area contributed by atoms with Crippen LogP contribution in [-0.2, 0) is 12.8 Å². The van der Waals surface area contributed by atoms with Crippen molar-refractivity contribution < 1.29 is 0 Å². The molecule has 0 aliphatic carbocycles. The molecule has 0 saturated carbocycles.